The summed E-state index contributed by atoms with van der Waals surface area (Å²) in [5, 5.41) is 0.190. The van der Waals surface area contributed by atoms with Crippen molar-refractivity contribution in [1.82, 2.24) is 19.6 Å². The highest BCUT2D eigenvalue weighted by atomic mass is 28.4. The van der Waals surface area contributed by atoms with E-state index in [-0.39, 0.29) is 29.3 Å². The zero-order valence-electron chi connectivity index (χ0n) is 40.9. The molecule has 0 saturated carbocycles. The normalized spacial score (nSPS) is 15.5. The van der Waals surface area contributed by atoms with Gasteiger partial charge in [0.25, 0.3) is 0 Å². The van der Waals surface area contributed by atoms with Gasteiger partial charge in [-0.2, -0.15) is 0 Å². The number of amides is 3. The predicted octanol–water partition coefficient (Wildman–Crippen LogP) is 8.60. The van der Waals surface area contributed by atoms with Gasteiger partial charge in [0.1, 0.15) is 11.8 Å². The van der Waals surface area contributed by atoms with Crippen LogP contribution in [-0.4, -0.2) is 131 Å². The predicted molar refractivity (Wildman–Crippen MR) is 271 cm³/mol. The lowest BCUT2D eigenvalue weighted by atomic mass is 10.0. The summed E-state index contributed by atoms with van der Waals surface area (Å²) in [6, 6.07) is 34.1. The smallest absolute Gasteiger partial charge is 0.247 e. The van der Waals surface area contributed by atoms with E-state index in [4.69, 9.17) is 9.16 Å². The zero-order chi connectivity index (χ0) is 47.3. The summed E-state index contributed by atoms with van der Waals surface area (Å²) in [5.74, 6) is 0.630. The molecule has 0 aliphatic carbocycles. The van der Waals surface area contributed by atoms with Crippen LogP contribution >= 0.6 is 0 Å². The number of ether oxygens (including phenoxy) is 1. The van der Waals surface area contributed by atoms with Crippen molar-refractivity contribution in [1.29, 1.82) is 0 Å². The Labute approximate surface area is 396 Å². The number of carbonyl (C=O) groups is 3. The van der Waals surface area contributed by atoms with Crippen molar-refractivity contribution < 1.29 is 23.5 Å². The number of benzene rings is 4. The van der Waals surface area contributed by atoms with E-state index >= 15 is 0 Å². The van der Waals surface area contributed by atoms with Gasteiger partial charge in [-0.05, 0) is 89.3 Å². The molecule has 2 aliphatic heterocycles. The Bertz CT molecular complexity index is 2180. The van der Waals surface area contributed by atoms with Crippen LogP contribution in [0, 0.1) is 0 Å². The first-order valence-electron chi connectivity index (χ1n) is 23.9. The lowest BCUT2D eigenvalue weighted by molar-refractivity contribution is -0.145. The van der Waals surface area contributed by atoms with Crippen LogP contribution in [0.15, 0.2) is 109 Å². The molecule has 66 heavy (non-hydrogen) atoms. The Balaban J connectivity index is 1.15. The molecule has 12 heteroatoms. The van der Waals surface area contributed by atoms with Crippen molar-refractivity contribution in [2.24, 2.45) is 0 Å². The maximum atomic E-state index is 14.9. The molecule has 0 N–H and O–H groups in total. The second kappa shape index (κ2) is 23.3. The Morgan fingerprint density at radius 2 is 1.36 bits per heavy atom. The molecule has 11 nitrogen and oxygen atoms in total. The van der Waals surface area contributed by atoms with E-state index in [0.29, 0.717) is 45.8 Å². The number of rotatable bonds is 19. The van der Waals surface area contributed by atoms with E-state index < -0.39 is 14.4 Å². The quantitative estimate of drug-likeness (QED) is 0.0684. The molecule has 3 amide bonds. The van der Waals surface area contributed by atoms with Crippen LogP contribution in [0.1, 0.15) is 63.3 Å². The van der Waals surface area contributed by atoms with Gasteiger partial charge in [-0.3, -0.25) is 19.3 Å². The lowest BCUT2D eigenvalue weighted by Crippen LogP contribution is -2.56. The van der Waals surface area contributed by atoms with Crippen LogP contribution in [-0.2, 0) is 38.3 Å². The van der Waals surface area contributed by atoms with Crippen molar-refractivity contribution >= 4 is 43.5 Å². The average molecular weight is 915 g/mol. The van der Waals surface area contributed by atoms with Gasteiger partial charge >= 0.3 is 0 Å². The Morgan fingerprint density at radius 3 is 1.97 bits per heavy atom. The van der Waals surface area contributed by atoms with E-state index in [1.807, 2.05) is 70.5 Å². The van der Waals surface area contributed by atoms with Crippen LogP contribution in [0.5, 0.6) is 5.75 Å². The molecule has 0 radical (unpaired) electrons. The minimum absolute atomic E-state index is 0.0393. The molecule has 6 rings (SSSR count). The zero-order valence-corrected chi connectivity index (χ0v) is 41.9. The average Bonchev–Trinajstić information content (AvgIpc) is 3.32. The third-order valence-corrected chi connectivity index (χ3v) is 18.1. The molecule has 4 aromatic carbocycles. The summed E-state index contributed by atoms with van der Waals surface area (Å²) >= 11 is 0. The lowest BCUT2D eigenvalue weighted by Gasteiger charge is -2.39. The van der Waals surface area contributed by atoms with Crippen molar-refractivity contribution in [2.75, 3.05) is 89.0 Å². The van der Waals surface area contributed by atoms with E-state index in [9.17, 15) is 14.4 Å². The number of piperazine rings is 2. The first kappa shape index (κ1) is 50.0. The summed E-state index contributed by atoms with van der Waals surface area (Å²) in [6.07, 6.45) is 4.73. The molecule has 2 heterocycles. The van der Waals surface area contributed by atoms with E-state index in [0.717, 1.165) is 73.8 Å². The minimum Gasteiger partial charge on any atom is -0.494 e. The summed E-state index contributed by atoms with van der Waals surface area (Å²) in [4.78, 5) is 54.0. The van der Waals surface area contributed by atoms with Crippen molar-refractivity contribution in [3.63, 3.8) is 0 Å². The summed E-state index contributed by atoms with van der Waals surface area (Å²) < 4.78 is 12.2. The third-order valence-electron chi connectivity index (χ3n) is 13.5. The molecule has 4 aromatic rings. The van der Waals surface area contributed by atoms with Crippen molar-refractivity contribution in [3.8, 4) is 5.75 Å². The first-order valence-corrected chi connectivity index (χ1v) is 26.8. The Morgan fingerprint density at radius 1 is 0.742 bits per heavy atom. The number of anilines is 2. The number of carbonyl (C=O) groups excluding carboxylic acids is 3. The van der Waals surface area contributed by atoms with E-state index in [2.05, 4.69) is 111 Å². The standard InChI is InChI=1S/C54H74N6O5Si/c1-9-38-64-50-26-19-44(20-27-50)21-28-52(62)60(42-47-17-24-49(25-18-47)58-35-33-57(34-36-58)43(2)61)51(40-45-13-11-10-12-14-45)53(63)59-31-29-56(30-32-59)41-46-15-22-48(23-16-46)55(6)37-39-65-66(7,8)54(3,4)5/h10-28,51H,9,29-42H2,1-8H3. The van der Waals surface area contributed by atoms with E-state index in [1.165, 1.54) is 11.3 Å². The van der Waals surface area contributed by atoms with Gasteiger partial charge in [0.15, 0.2) is 8.32 Å². The van der Waals surface area contributed by atoms with Gasteiger partial charge < -0.3 is 33.7 Å². The molecule has 2 fully saturated rings. The molecule has 1 atom stereocenters. The maximum absolute atomic E-state index is 14.9. The molecule has 2 aliphatic rings. The highest BCUT2D eigenvalue weighted by molar-refractivity contribution is 6.74. The largest absolute Gasteiger partial charge is 0.494 e. The van der Waals surface area contributed by atoms with Gasteiger partial charge in [-0.25, -0.2) is 0 Å². The second-order valence-corrected chi connectivity index (χ2v) is 24.2. The van der Waals surface area contributed by atoms with E-state index in [1.54, 1.807) is 17.9 Å². The molecule has 0 spiro atoms. The summed E-state index contributed by atoms with van der Waals surface area (Å²) in [7, 11) is 0.331. The summed E-state index contributed by atoms with van der Waals surface area (Å²) in [6.45, 7) is 23.9. The highest BCUT2D eigenvalue weighted by Crippen LogP contribution is 2.36. The molecule has 2 saturated heterocycles. The molecular weight excluding hydrogens is 841 g/mol. The number of nitrogens with zero attached hydrogens (tertiary/aromatic N) is 6. The molecule has 0 bridgehead atoms. The van der Waals surface area contributed by atoms with Gasteiger partial charge in [-0.1, -0.05) is 94.4 Å². The second-order valence-electron chi connectivity index (χ2n) is 19.4. The fourth-order valence-corrected chi connectivity index (χ4v) is 9.23. The van der Waals surface area contributed by atoms with Crippen molar-refractivity contribution in [3.05, 3.63) is 131 Å². The SMILES string of the molecule is CCCOc1ccc(C=CC(=O)N(Cc2ccc(N3CCN(C(C)=O)CC3)cc2)C(Cc2ccccc2)C(=O)N2CCN(Cc3ccc(N(C)CCO[Si](C)(C)C(C)(C)C)cc3)CC2)cc1. The van der Waals surface area contributed by atoms with Crippen LogP contribution in [0.4, 0.5) is 11.4 Å². The van der Waals surface area contributed by atoms with Crippen LogP contribution in [0.25, 0.3) is 6.08 Å². The van der Waals surface area contributed by atoms with Gasteiger partial charge in [0.05, 0.1) is 13.2 Å². The monoisotopic (exact) mass is 915 g/mol. The maximum Gasteiger partial charge on any atom is 0.247 e. The molecule has 354 valence electrons. The van der Waals surface area contributed by atoms with Crippen LogP contribution < -0.4 is 14.5 Å². The Hall–Kier alpha value is -5.43. The summed E-state index contributed by atoms with van der Waals surface area (Å²) in [5.41, 5.74) is 6.29. The van der Waals surface area contributed by atoms with Gasteiger partial charge in [0, 0.05) is 110 Å². The highest BCUT2D eigenvalue weighted by Gasteiger charge is 2.37. The fraction of sp³-hybridized carbons (Fsp3) is 0.463. The fourth-order valence-electron chi connectivity index (χ4n) is 8.19. The Kier molecular flexibility index (Phi) is 17.7. The van der Waals surface area contributed by atoms with Crippen molar-refractivity contribution in [2.45, 2.75) is 84.7 Å². The molecule has 0 aromatic heterocycles. The third kappa shape index (κ3) is 14.0. The van der Waals surface area contributed by atoms with Crippen LogP contribution in [0.2, 0.25) is 18.1 Å². The number of hydrogen-bond donors (Lipinski definition) is 0. The van der Waals surface area contributed by atoms with Crippen LogP contribution in [0.3, 0.4) is 0 Å². The van der Waals surface area contributed by atoms with Gasteiger partial charge in [0.2, 0.25) is 17.7 Å². The number of likely N-dealkylation sites (N-methyl/N-ethyl adjacent to an activating group) is 1. The molecule has 1 unspecified atom stereocenters. The first-order chi connectivity index (χ1) is 31.6. The van der Waals surface area contributed by atoms with Gasteiger partial charge in [-0.15, -0.1) is 0 Å². The minimum atomic E-state index is -1.79. The topological polar surface area (TPSA) is 89.1 Å². The number of hydrogen-bond acceptors (Lipinski definition) is 8. The molecular formula is C54H74N6O5Si.